The summed E-state index contributed by atoms with van der Waals surface area (Å²) in [6, 6.07) is 15.8. The first kappa shape index (κ1) is 22.5. The number of hydrogen-bond acceptors (Lipinski definition) is 6. The van der Waals surface area contributed by atoms with Gasteiger partial charge >= 0.3 is 12.1 Å². The number of carbonyl (C=O) groups is 3. The predicted octanol–water partition coefficient (Wildman–Crippen LogP) is 3.45. The minimum atomic E-state index is -0.988. The first-order chi connectivity index (χ1) is 14.6. The van der Waals surface area contributed by atoms with Crippen LogP contribution >= 0.6 is 0 Å². The van der Waals surface area contributed by atoms with Crippen LogP contribution in [-0.4, -0.2) is 58.8 Å². The second-order valence-electron chi connectivity index (χ2n) is 8.51. The van der Waals surface area contributed by atoms with Crippen LogP contribution < -0.4 is 0 Å². The van der Waals surface area contributed by atoms with Crippen LogP contribution in [0.5, 0.6) is 0 Å². The van der Waals surface area contributed by atoms with Crippen LogP contribution in [0.15, 0.2) is 54.6 Å². The van der Waals surface area contributed by atoms with Gasteiger partial charge in [-0.3, -0.25) is 9.69 Å². The molecule has 2 atom stereocenters. The minimum Gasteiger partial charge on any atom is -0.456 e. The lowest BCUT2D eigenvalue weighted by Crippen LogP contribution is -2.44. The fourth-order valence-corrected chi connectivity index (χ4v) is 3.35. The van der Waals surface area contributed by atoms with Crippen LogP contribution in [0, 0.1) is 0 Å². The van der Waals surface area contributed by atoms with E-state index in [4.69, 9.17) is 9.47 Å². The lowest BCUT2D eigenvalue weighted by Gasteiger charge is -2.27. The van der Waals surface area contributed by atoms with Gasteiger partial charge in [0.05, 0.1) is 12.6 Å². The number of ketones is 1. The van der Waals surface area contributed by atoms with Crippen molar-refractivity contribution in [2.24, 2.45) is 0 Å². The lowest BCUT2D eigenvalue weighted by molar-refractivity contribution is -0.147. The number of aliphatic hydroxyl groups is 1. The average molecular weight is 425 g/mol. The van der Waals surface area contributed by atoms with Crippen molar-refractivity contribution in [2.45, 2.75) is 44.9 Å². The average Bonchev–Trinajstić information content (AvgIpc) is 3.13. The highest BCUT2D eigenvalue weighted by atomic mass is 16.6. The van der Waals surface area contributed by atoms with E-state index in [-0.39, 0.29) is 18.7 Å². The van der Waals surface area contributed by atoms with Gasteiger partial charge in [0, 0.05) is 12.0 Å². The lowest BCUT2D eigenvalue weighted by atomic mass is 10.0. The molecule has 2 aromatic carbocycles. The maximum atomic E-state index is 12.5. The van der Waals surface area contributed by atoms with Gasteiger partial charge in [0.1, 0.15) is 11.6 Å². The van der Waals surface area contributed by atoms with Crippen molar-refractivity contribution in [3.05, 3.63) is 60.2 Å². The van der Waals surface area contributed by atoms with Crippen LogP contribution in [0.3, 0.4) is 0 Å². The summed E-state index contributed by atoms with van der Waals surface area (Å²) in [5.41, 5.74) is 1.70. The fraction of sp³-hybridized carbons (Fsp3) is 0.375. The van der Waals surface area contributed by atoms with E-state index in [9.17, 15) is 19.5 Å². The van der Waals surface area contributed by atoms with E-state index < -0.39 is 36.4 Å². The zero-order valence-corrected chi connectivity index (χ0v) is 17.9. The Morgan fingerprint density at radius 3 is 2.23 bits per heavy atom. The van der Waals surface area contributed by atoms with Gasteiger partial charge < -0.3 is 14.6 Å². The summed E-state index contributed by atoms with van der Waals surface area (Å²) in [4.78, 5) is 38.5. The molecule has 1 fully saturated rings. The third kappa shape index (κ3) is 5.92. The number of likely N-dealkylation sites (tertiary alicyclic amines) is 1. The summed E-state index contributed by atoms with van der Waals surface area (Å²) in [7, 11) is 0. The van der Waals surface area contributed by atoms with E-state index in [1.807, 2.05) is 42.5 Å². The largest absolute Gasteiger partial charge is 0.456 e. The molecule has 1 heterocycles. The number of amides is 1. The molecule has 0 aliphatic carbocycles. The molecular weight excluding hydrogens is 398 g/mol. The molecule has 0 saturated carbocycles. The number of carbonyl (C=O) groups excluding carboxylic acids is 3. The summed E-state index contributed by atoms with van der Waals surface area (Å²) in [6.45, 7) is 4.67. The Balaban J connectivity index is 1.59. The third-order valence-corrected chi connectivity index (χ3v) is 4.84. The number of β-amino-alcohol motifs (C(OH)–C–C–N with tert-alkyl or cyclic N) is 1. The van der Waals surface area contributed by atoms with Gasteiger partial charge in [0.2, 0.25) is 0 Å². The van der Waals surface area contributed by atoms with Crippen molar-refractivity contribution in [3.8, 4) is 11.1 Å². The van der Waals surface area contributed by atoms with Crippen molar-refractivity contribution in [1.82, 2.24) is 4.90 Å². The van der Waals surface area contributed by atoms with Gasteiger partial charge in [0.15, 0.2) is 12.4 Å². The van der Waals surface area contributed by atoms with Crippen LogP contribution in [0.1, 0.15) is 37.6 Å². The SMILES string of the molecule is CC(C)(C)OC(=O)N1C[C@H](O)C[C@@H]1C(=O)OCC(=O)c1ccc(-c2ccccc2)cc1. The second kappa shape index (κ2) is 9.31. The first-order valence-corrected chi connectivity index (χ1v) is 10.2. The van der Waals surface area contributed by atoms with Gasteiger partial charge in [-0.2, -0.15) is 0 Å². The summed E-state index contributed by atoms with van der Waals surface area (Å²) in [6.07, 6.45) is -1.52. The number of benzene rings is 2. The number of ether oxygens (including phenoxy) is 2. The Hall–Kier alpha value is -3.19. The van der Waals surface area contributed by atoms with Crippen LogP contribution in [0.25, 0.3) is 11.1 Å². The van der Waals surface area contributed by atoms with Crippen LogP contribution in [0.4, 0.5) is 4.79 Å². The first-order valence-electron chi connectivity index (χ1n) is 10.2. The summed E-state index contributed by atoms with van der Waals surface area (Å²) in [5, 5.41) is 9.92. The molecule has 0 unspecified atom stereocenters. The molecule has 0 aromatic heterocycles. The van der Waals surface area contributed by atoms with Crippen LogP contribution in [0.2, 0.25) is 0 Å². The molecule has 1 aliphatic rings. The Labute approximate surface area is 181 Å². The molecule has 7 nitrogen and oxygen atoms in total. The Morgan fingerprint density at radius 2 is 1.61 bits per heavy atom. The van der Waals surface area contributed by atoms with Crippen LogP contribution in [-0.2, 0) is 14.3 Å². The standard InChI is InChI=1S/C24H27NO6/c1-24(2,3)31-23(29)25-14-19(26)13-20(25)22(28)30-15-21(27)18-11-9-17(10-12-18)16-7-5-4-6-8-16/h4-12,19-20,26H,13-15H2,1-3H3/t19-,20-/m1/s1. The van der Waals surface area contributed by atoms with E-state index in [1.165, 1.54) is 0 Å². The smallest absolute Gasteiger partial charge is 0.411 e. The Morgan fingerprint density at radius 1 is 1.00 bits per heavy atom. The predicted molar refractivity (Wildman–Crippen MR) is 115 cm³/mol. The topological polar surface area (TPSA) is 93.1 Å². The third-order valence-electron chi connectivity index (χ3n) is 4.84. The fourth-order valence-electron chi connectivity index (χ4n) is 3.35. The van der Waals surface area contributed by atoms with E-state index in [1.54, 1.807) is 32.9 Å². The highest BCUT2D eigenvalue weighted by molar-refractivity contribution is 5.98. The molecule has 7 heteroatoms. The molecule has 3 rings (SSSR count). The number of Topliss-reactive ketones (excluding diaryl/α,β-unsaturated/α-hetero) is 1. The van der Waals surface area contributed by atoms with Crippen molar-refractivity contribution in [3.63, 3.8) is 0 Å². The van der Waals surface area contributed by atoms with E-state index in [0.29, 0.717) is 5.56 Å². The van der Waals surface area contributed by atoms with E-state index in [2.05, 4.69) is 0 Å². The van der Waals surface area contributed by atoms with E-state index in [0.717, 1.165) is 16.0 Å². The highest BCUT2D eigenvalue weighted by Crippen LogP contribution is 2.23. The second-order valence-corrected chi connectivity index (χ2v) is 8.51. The molecule has 31 heavy (non-hydrogen) atoms. The van der Waals surface area contributed by atoms with Gasteiger partial charge in [-0.15, -0.1) is 0 Å². The Bertz CT molecular complexity index is 933. The van der Waals surface area contributed by atoms with Gasteiger partial charge in [-0.1, -0.05) is 54.6 Å². The maximum absolute atomic E-state index is 12.5. The molecule has 1 N–H and O–H groups in total. The van der Waals surface area contributed by atoms with Crippen molar-refractivity contribution < 1.29 is 29.0 Å². The number of rotatable bonds is 5. The summed E-state index contributed by atoms with van der Waals surface area (Å²) >= 11 is 0. The minimum absolute atomic E-state index is 0.0242. The van der Waals surface area contributed by atoms with Crippen molar-refractivity contribution in [1.29, 1.82) is 0 Å². The quantitative estimate of drug-likeness (QED) is 0.583. The number of aliphatic hydroxyl groups excluding tert-OH is 1. The number of esters is 1. The van der Waals surface area contributed by atoms with Crippen molar-refractivity contribution in [2.75, 3.05) is 13.2 Å². The summed E-state index contributed by atoms with van der Waals surface area (Å²) < 4.78 is 10.5. The zero-order chi connectivity index (χ0) is 22.6. The molecule has 164 valence electrons. The highest BCUT2D eigenvalue weighted by Gasteiger charge is 2.42. The molecule has 0 radical (unpaired) electrons. The molecule has 1 aliphatic heterocycles. The molecule has 1 saturated heterocycles. The van der Waals surface area contributed by atoms with E-state index >= 15 is 0 Å². The molecular formula is C24H27NO6. The maximum Gasteiger partial charge on any atom is 0.411 e. The van der Waals surface area contributed by atoms with Gasteiger partial charge in [0.25, 0.3) is 0 Å². The molecule has 0 bridgehead atoms. The monoisotopic (exact) mass is 425 g/mol. The normalized spacial score (nSPS) is 18.5. The van der Waals surface area contributed by atoms with Gasteiger partial charge in [-0.25, -0.2) is 9.59 Å². The molecule has 0 spiro atoms. The zero-order valence-electron chi connectivity index (χ0n) is 17.9. The number of nitrogens with zero attached hydrogens (tertiary/aromatic N) is 1. The Kier molecular flexibility index (Phi) is 6.75. The molecule has 2 aromatic rings. The van der Waals surface area contributed by atoms with Gasteiger partial charge in [-0.05, 0) is 31.9 Å². The van der Waals surface area contributed by atoms with Crippen molar-refractivity contribution >= 4 is 17.8 Å². The summed E-state index contributed by atoms with van der Waals surface area (Å²) in [5.74, 6) is -1.09. The number of hydrogen-bond donors (Lipinski definition) is 1. The molecule has 1 amide bonds.